The van der Waals surface area contributed by atoms with Crippen LogP contribution in [0.5, 0.6) is 0 Å². The maximum atomic E-state index is 12.1. The van der Waals surface area contributed by atoms with Crippen LogP contribution in [0.3, 0.4) is 0 Å². The lowest BCUT2D eigenvalue weighted by Gasteiger charge is -2.07. The molecule has 0 saturated heterocycles. The number of benzene rings is 1. The maximum absolute atomic E-state index is 12.1. The SMILES string of the molecule is C=C(C)CSc1nnc(SCC(=O)Nc2ccc([N+](=O)[O-])cc2C)s1. The van der Waals surface area contributed by atoms with Gasteiger partial charge >= 0.3 is 0 Å². The van der Waals surface area contributed by atoms with Crippen LogP contribution in [-0.2, 0) is 4.79 Å². The largest absolute Gasteiger partial charge is 0.325 e. The van der Waals surface area contributed by atoms with Crippen molar-refractivity contribution in [2.75, 3.05) is 16.8 Å². The smallest absolute Gasteiger partial charge is 0.269 e. The summed E-state index contributed by atoms with van der Waals surface area (Å²) in [4.78, 5) is 22.3. The monoisotopic (exact) mass is 396 g/mol. The third-order valence-corrected chi connectivity index (χ3v) is 6.27. The Balaban J connectivity index is 1.86. The summed E-state index contributed by atoms with van der Waals surface area (Å²) >= 11 is 4.31. The van der Waals surface area contributed by atoms with E-state index < -0.39 is 4.92 Å². The fourth-order valence-corrected chi connectivity index (χ4v) is 4.38. The predicted octanol–water partition coefficient (Wildman–Crippen LogP) is 4.15. The van der Waals surface area contributed by atoms with Gasteiger partial charge in [0.15, 0.2) is 8.68 Å². The van der Waals surface area contributed by atoms with Crippen LogP contribution in [0.1, 0.15) is 12.5 Å². The van der Waals surface area contributed by atoms with Crippen LogP contribution in [0.15, 0.2) is 39.0 Å². The van der Waals surface area contributed by atoms with Crippen LogP contribution in [-0.4, -0.2) is 32.5 Å². The Hall–Kier alpha value is -1.91. The van der Waals surface area contributed by atoms with Gasteiger partial charge in [0.05, 0.1) is 10.7 Å². The summed E-state index contributed by atoms with van der Waals surface area (Å²) in [6.45, 7) is 7.51. The molecule has 1 aromatic heterocycles. The molecule has 0 unspecified atom stereocenters. The van der Waals surface area contributed by atoms with Gasteiger partial charge in [-0.05, 0) is 25.5 Å². The lowest BCUT2D eigenvalue weighted by Crippen LogP contribution is -2.14. The van der Waals surface area contributed by atoms with Gasteiger partial charge in [0, 0.05) is 23.6 Å². The average molecular weight is 397 g/mol. The lowest BCUT2D eigenvalue weighted by atomic mass is 10.2. The first-order valence-electron chi connectivity index (χ1n) is 7.13. The summed E-state index contributed by atoms with van der Waals surface area (Å²) in [6, 6.07) is 4.33. The van der Waals surface area contributed by atoms with E-state index in [-0.39, 0.29) is 17.3 Å². The second-order valence-electron chi connectivity index (χ2n) is 5.17. The van der Waals surface area contributed by atoms with Gasteiger partial charge in [-0.15, -0.1) is 10.2 Å². The van der Waals surface area contributed by atoms with Gasteiger partial charge in [-0.25, -0.2) is 0 Å². The number of nitrogens with one attached hydrogen (secondary N) is 1. The summed E-state index contributed by atoms with van der Waals surface area (Å²) in [7, 11) is 0. The highest BCUT2D eigenvalue weighted by molar-refractivity contribution is 8.03. The number of aromatic nitrogens is 2. The molecule has 0 saturated carbocycles. The summed E-state index contributed by atoms with van der Waals surface area (Å²) in [5.74, 6) is 0.781. The molecule has 0 aliphatic carbocycles. The standard InChI is InChI=1S/C15H16N4O3S3/c1-9(2)7-23-14-17-18-15(25-14)24-8-13(20)16-12-5-4-11(19(21)22)6-10(12)3/h4-6H,1,7-8H2,2-3H3,(H,16,20). The molecule has 10 heteroatoms. The third-order valence-electron chi connectivity index (χ3n) is 2.85. The van der Waals surface area contributed by atoms with Gasteiger partial charge in [0.1, 0.15) is 0 Å². The Kier molecular flexibility index (Phi) is 6.97. The van der Waals surface area contributed by atoms with Crippen molar-refractivity contribution in [1.29, 1.82) is 0 Å². The van der Waals surface area contributed by atoms with E-state index in [1.807, 2.05) is 6.92 Å². The van der Waals surface area contributed by atoms with Crippen molar-refractivity contribution in [2.24, 2.45) is 0 Å². The summed E-state index contributed by atoms with van der Waals surface area (Å²) in [5.41, 5.74) is 2.26. The molecule has 0 spiro atoms. The summed E-state index contributed by atoms with van der Waals surface area (Å²) < 4.78 is 1.57. The number of thioether (sulfide) groups is 2. The van der Waals surface area contributed by atoms with Crippen molar-refractivity contribution in [2.45, 2.75) is 22.5 Å². The van der Waals surface area contributed by atoms with Crippen LogP contribution in [0, 0.1) is 17.0 Å². The molecule has 1 N–H and O–H groups in total. The summed E-state index contributed by atoms with van der Waals surface area (Å²) in [5, 5.41) is 21.6. The maximum Gasteiger partial charge on any atom is 0.269 e. The second kappa shape index (κ2) is 8.97. The van der Waals surface area contributed by atoms with E-state index in [0.717, 1.165) is 20.0 Å². The molecular weight excluding hydrogens is 380 g/mol. The van der Waals surface area contributed by atoms with E-state index in [2.05, 4.69) is 22.1 Å². The number of hydrogen-bond acceptors (Lipinski definition) is 8. The van der Waals surface area contributed by atoms with Crippen LogP contribution in [0.25, 0.3) is 0 Å². The highest BCUT2D eigenvalue weighted by atomic mass is 32.2. The van der Waals surface area contributed by atoms with Crippen molar-refractivity contribution in [1.82, 2.24) is 10.2 Å². The number of nitrogens with zero attached hydrogens (tertiary/aromatic N) is 3. The van der Waals surface area contributed by atoms with E-state index in [0.29, 0.717) is 11.3 Å². The first-order valence-corrected chi connectivity index (χ1v) is 9.92. The van der Waals surface area contributed by atoms with Gasteiger partial charge in [-0.3, -0.25) is 14.9 Å². The minimum absolute atomic E-state index is 0.00137. The van der Waals surface area contributed by atoms with Gasteiger partial charge in [0.25, 0.3) is 5.69 Å². The number of non-ortho nitro benzene ring substituents is 1. The predicted molar refractivity (Wildman–Crippen MR) is 103 cm³/mol. The van der Waals surface area contributed by atoms with Crippen LogP contribution in [0.4, 0.5) is 11.4 Å². The van der Waals surface area contributed by atoms with Gasteiger partial charge < -0.3 is 5.32 Å². The van der Waals surface area contributed by atoms with Crippen molar-refractivity contribution >= 4 is 52.1 Å². The normalized spacial score (nSPS) is 10.5. The number of aryl methyl sites for hydroxylation is 1. The number of anilines is 1. The zero-order valence-electron chi connectivity index (χ0n) is 13.6. The second-order valence-corrected chi connectivity index (χ2v) is 8.60. The van der Waals surface area contributed by atoms with E-state index in [9.17, 15) is 14.9 Å². The zero-order chi connectivity index (χ0) is 18.4. The van der Waals surface area contributed by atoms with Crippen LogP contribution < -0.4 is 5.32 Å². The summed E-state index contributed by atoms with van der Waals surface area (Å²) in [6.07, 6.45) is 0. The fraction of sp³-hybridized carbons (Fsp3) is 0.267. The van der Waals surface area contributed by atoms with Gasteiger partial charge in [-0.1, -0.05) is 47.0 Å². The van der Waals surface area contributed by atoms with E-state index in [1.165, 1.54) is 41.3 Å². The third kappa shape index (κ3) is 6.15. The minimum atomic E-state index is -0.465. The first-order chi connectivity index (χ1) is 11.8. The van der Waals surface area contributed by atoms with Crippen molar-refractivity contribution in [3.63, 3.8) is 0 Å². The molecular formula is C15H16N4O3S3. The van der Waals surface area contributed by atoms with E-state index in [1.54, 1.807) is 18.7 Å². The fourth-order valence-electron chi connectivity index (χ4n) is 1.71. The zero-order valence-corrected chi connectivity index (χ0v) is 16.1. The Bertz CT molecular complexity index is 807. The molecule has 0 radical (unpaired) electrons. The molecule has 0 bridgehead atoms. The van der Waals surface area contributed by atoms with E-state index >= 15 is 0 Å². The minimum Gasteiger partial charge on any atom is -0.325 e. The van der Waals surface area contributed by atoms with Crippen LogP contribution in [0.2, 0.25) is 0 Å². The van der Waals surface area contributed by atoms with Crippen molar-refractivity contribution < 1.29 is 9.72 Å². The van der Waals surface area contributed by atoms with Crippen LogP contribution >= 0.6 is 34.9 Å². The topological polar surface area (TPSA) is 98.0 Å². The first kappa shape index (κ1) is 19.4. The van der Waals surface area contributed by atoms with E-state index in [4.69, 9.17) is 0 Å². The molecule has 1 amide bonds. The Morgan fingerprint density at radius 2 is 1.96 bits per heavy atom. The van der Waals surface area contributed by atoms with Crippen molar-refractivity contribution in [3.05, 3.63) is 46.0 Å². The molecule has 0 fully saturated rings. The number of amides is 1. The number of carbonyl (C=O) groups is 1. The number of hydrogen-bond donors (Lipinski definition) is 1. The molecule has 1 aromatic carbocycles. The molecule has 132 valence electrons. The molecule has 0 aliphatic heterocycles. The number of nitro groups is 1. The molecule has 1 heterocycles. The molecule has 7 nitrogen and oxygen atoms in total. The highest BCUT2D eigenvalue weighted by Crippen LogP contribution is 2.29. The quantitative estimate of drug-likeness (QED) is 0.310. The molecule has 0 atom stereocenters. The molecule has 25 heavy (non-hydrogen) atoms. The molecule has 2 rings (SSSR count). The number of carbonyl (C=O) groups excluding carboxylic acids is 1. The Morgan fingerprint density at radius 3 is 2.52 bits per heavy atom. The Labute approximate surface area is 157 Å². The molecule has 2 aromatic rings. The number of rotatable bonds is 8. The van der Waals surface area contributed by atoms with Gasteiger partial charge in [0.2, 0.25) is 5.91 Å². The Morgan fingerprint density at radius 1 is 1.32 bits per heavy atom. The average Bonchev–Trinajstić information content (AvgIpc) is 3.00. The van der Waals surface area contributed by atoms with Gasteiger partial charge in [-0.2, -0.15) is 0 Å². The number of nitro benzene ring substituents is 1. The van der Waals surface area contributed by atoms with Crippen molar-refractivity contribution in [3.8, 4) is 0 Å². The molecule has 0 aliphatic rings. The lowest BCUT2D eigenvalue weighted by molar-refractivity contribution is -0.384. The highest BCUT2D eigenvalue weighted by Gasteiger charge is 2.12.